The minimum absolute atomic E-state index is 0.574. The van der Waals surface area contributed by atoms with Crippen LogP contribution in [0.25, 0.3) is 0 Å². The monoisotopic (exact) mass is 411 g/mol. The Morgan fingerprint density at radius 1 is 0.767 bits per heavy atom. The molecule has 0 saturated carbocycles. The molecular formula is C28H47N2+. The Morgan fingerprint density at radius 2 is 1.37 bits per heavy atom. The van der Waals surface area contributed by atoms with Crippen molar-refractivity contribution < 1.29 is 4.57 Å². The number of hydrogen-bond donors (Lipinski definition) is 0. The van der Waals surface area contributed by atoms with E-state index in [0.717, 1.165) is 13.0 Å². The Balaban J connectivity index is 1.63. The number of unbranched alkanes of at least 4 members (excludes halogenated alkanes) is 10. The molecule has 0 spiro atoms. The number of aryl methyl sites for hydroxylation is 3. The number of rotatable bonds is 17. The summed E-state index contributed by atoms with van der Waals surface area (Å²) in [6.45, 7) is 9.26. The summed E-state index contributed by atoms with van der Waals surface area (Å²) in [5.41, 5.74) is 1.45. The maximum Gasteiger partial charge on any atom is 0.258 e. The van der Waals surface area contributed by atoms with Crippen molar-refractivity contribution in [3.63, 3.8) is 0 Å². The second kappa shape index (κ2) is 15.3. The topological polar surface area (TPSA) is 8.81 Å². The molecule has 2 rings (SSSR count). The molecule has 0 saturated heterocycles. The van der Waals surface area contributed by atoms with Crippen LogP contribution in [-0.4, -0.2) is 4.57 Å². The van der Waals surface area contributed by atoms with E-state index in [0.29, 0.717) is 5.92 Å². The minimum Gasteiger partial charge on any atom is -0.234 e. The summed E-state index contributed by atoms with van der Waals surface area (Å²) in [6.07, 6.45) is 22.5. The third-order valence-electron chi connectivity index (χ3n) is 6.24. The van der Waals surface area contributed by atoms with Crippen LogP contribution in [0.15, 0.2) is 42.7 Å². The molecule has 2 nitrogen and oxygen atoms in total. The normalized spacial score (nSPS) is 11.5. The molecule has 0 fully saturated rings. The van der Waals surface area contributed by atoms with Crippen LogP contribution < -0.4 is 4.57 Å². The van der Waals surface area contributed by atoms with Gasteiger partial charge in [-0.3, -0.25) is 0 Å². The molecule has 1 aromatic heterocycles. The van der Waals surface area contributed by atoms with Gasteiger partial charge >= 0.3 is 0 Å². The van der Waals surface area contributed by atoms with Crippen LogP contribution in [0.3, 0.4) is 0 Å². The average Bonchev–Trinajstić information content (AvgIpc) is 3.16. The summed E-state index contributed by atoms with van der Waals surface area (Å²) >= 11 is 0. The van der Waals surface area contributed by atoms with E-state index in [4.69, 9.17) is 0 Å². The van der Waals surface area contributed by atoms with Crippen molar-refractivity contribution in [2.45, 2.75) is 123 Å². The third kappa shape index (κ3) is 9.49. The van der Waals surface area contributed by atoms with Crippen molar-refractivity contribution >= 4 is 0 Å². The first-order valence-electron chi connectivity index (χ1n) is 12.8. The Morgan fingerprint density at radius 3 is 1.97 bits per heavy atom. The molecule has 0 amide bonds. The summed E-state index contributed by atoms with van der Waals surface area (Å²) in [5.74, 6) is 2.07. The zero-order valence-electron chi connectivity index (χ0n) is 20.1. The second-order valence-corrected chi connectivity index (χ2v) is 9.32. The Hall–Kier alpha value is -1.57. The van der Waals surface area contributed by atoms with Crippen LogP contribution in [0.1, 0.15) is 115 Å². The molecule has 0 aliphatic rings. The largest absolute Gasteiger partial charge is 0.258 e. The predicted molar refractivity (Wildman–Crippen MR) is 130 cm³/mol. The first-order valence-corrected chi connectivity index (χ1v) is 12.8. The lowest BCUT2D eigenvalue weighted by Gasteiger charge is -2.08. The lowest BCUT2D eigenvalue weighted by atomic mass is 10.1. The van der Waals surface area contributed by atoms with Gasteiger partial charge in [-0.2, -0.15) is 0 Å². The fourth-order valence-corrected chi connectivity index (χ4v) is 4.56. The quantitative estimate of drug-likeness (QED) is 0.185. The molecule has 168 valence electrons. The number of aromatic nitrogens is 2. The molecular weight excluding hydrogens is 364 g/mol. The lowest BCUT2D eigenvalue weighted by Crippen LogP contribution is -2.38. The summed E-state index contributed by atoms with van der Waals surface area (Å²) in [4.78, 5) is 0. The van der Waals surface area contributed by atoms with E-state index in [9.17, 15) is 0 Å². The van der Waals surface area contributed by atoms with Crippen LogP contribution in [0.4, 0.5) is 0 Å². The van der Waals surface area contributed by atoms with E-state index in [1.165, 1.54) is 95.0 Å². The van der Waals surface area contributed by atoms with Gasteiger partial charge in [0, 0.05) is 0 Å². The summed E-state index contributed by atoms with van der Waals surface area (Å²) in [7, 11) is 0. The van der Waals surface area contributed by atoms with Crippen molar-refractivity contribution in [3.8, 4) is 0 Å². The van der Waals surface area contributed by atoms with Crippen LogP contribution in [0.2, 0.25) is 0 Å². The molecule has 0 aliphatic carbocycles. The summed E-state index contributed by atoms with van der Waals surface area (Å²) in [6, 6.07) is 10.9. The van der Waals surface area contributed by atoms with Crippen LogP contribution in [-0.2, 0) is 19.5 Å². The van der Waals surface area contributed by atoms with Crippen molar-refractivity contribution in [2.75, 3.05) is 0 Å². The van der Waals surface area contributed by atoms with Gasteiger partial charge in [0.2, 0.25) is 0 Å². The van der Waals surface area contributed by atoms with E-state index in [-0.39, 0.29) is 0 Å². The van der Waals surface area contributed by atoms with Gasteiger partial charge in [0.25, 0.3) is 5.82 Å². The van der Waals surface area contributed by atoms with E-state index in [1.54, 1.807) is 0 Å². The van der Waals surface area contributed by atoms with Gasteiger partial charge in [-0.1, -0.05) is 109 Å². The maximum atomic E-state index is 2.51. The second-order valence-electron chi connectivity index (χ2n) is 9.32. The van der Waals surface area contributed by atoms with E-state index >= 15 is 0 Å². The molecule has 0 N–H and O–H groups in total. The van der Waals surface area contributed by atoms with Gasteiger partial charge in [0.1, 0.15) is 12.4 Å². The average molecular weight is 412 g/mol. The molecule has 0 bridgehead atoms. The van der Waals surface area contributed by atoms with Crippen molar-refractivity contribution in [1.82, 2.24) is 4.57 Å². The van der Waals surface area contributed by atoms with Gasteiger partial charge in [-0.05, 0) is 31.2 Å². The molecule has 0 radical (unpaired) electrons. The number of nitrogens with zero attached hydrogens (tertiary/aromatic N) is 2. The zero-order chi connectivity index (χ0) is 21.4. The standard InChI is InChI=1S/C28H47N2/c1-4-5-6-7-8-9-10-11-12-13-17-22-29-24-25-30(28(29)26(2)3)23-18-21-27-19-15-14-16-20-27/h14-16,19-20,24-26H,4-13,17-18,21-23H2,1-3H3/q+1. The molecule has 0 aliphatic heterocycles. The third-order valence-corrected chi connectivity index (χ3v) is 6.24. The van der Waals surface area contributed by atoms with Crippen LogP contribution >= 0.6 is 0 Å². The zero-order valence-corrected chi connectivity index (χ0v) is 20.1. The molecule has 1 aromatic carbocycles. The van der Waals surface area contributed by atoms with E-state index < -0.39 is 0 Å². The van der Waals surface area contributed by atoms with Gasteiger partial charge in [0.05, 0.1) is 19.0 Å². The fraction of sp³-hybridized carbons (Fsp3) is 0.679. The van der Waals surface area contributed by atoms with E-state index in [2.05, 4.69) is 72.6 Å². The first-order chi connectivity index (χ1) is 14.7. The predicted octanol–water partition coefficient (Wildman–Crippen LogP) is 7.84. The fourth-order valence-electron chi connectivity index (χ4n) is 4.56. The Bertz CT molecular complexity index is 657. The highest BCUT2D eigenvalue weighted by Gasteiger charge is 2.20. The highest BCUT2D eigenvalue weighted by atomic mass is 15.1. The molecule has 30 heavy (non-hydrogen) atoms. The van der Waals surface area contributed by atoms with Crippen molar-refractivity contribution in [2.24, 2.45) is 0 Å². The number of imidazole rings is 1. The highest BCUT2D eigenvalue weighted by Crippen LogP contribution is 2.15. The van der Waals surface area contributed by atoms with Gasteiger partial charge < -0.3 is 0 Å². The van der Waals surface area contributed by atoms with Crippen LogP contribution in [0, 0.1) is 0 Å². The van der Waals surface area contributed by atoms with Crippen LogP contribution in [0.5, 0.6) is 0 Å². The van der Waals surface area contributed by atoms with Gasteiger partial charge in [0.15, 0.2) is 0 Å². The molecule has 1 heterocycles. The molecule has 0 atom stereocenters. The number of benzene rings is 1. The van der Waals surface area contributed by atoms with Crippen molar-refractivity contribution in [1.29, 1.82) is 0 Å². The summed E-state index contributed by atoms with van der Waals surface area (Å²) < 4.78 is 5.01. The molecule has 0 unspecified atom stereocenters. The maximum absolute atomic E-state index is 2.51. The lowest BCUT2D eigenvalue weighted by molar-refractivity contribution is -0.705. The number of hydrogen-bond acceptors (Lipinski definition) is 0. The van der Waals surface area contributed by atoms with Gasteiger partial charge in [-0.15, -0.1) is 0 Å². The molecule has 2 aromatic rings. The SMILES string of the molecule is CCCCCCCCCCCCCn1cc[n+](CCCc2ccccc2)c1C(C)C. The first kappa shape index (κ1) is 24.7. The summed E-state index contributed by atoms with van der Waals surface area (Å²) in [5, 5.41) is 0. The van der Waals surface area contributed by atoms with E-state index in [1.807, 2.05) is 0 Å². The Labute approximate surface area is 186 Å². The van der Waals surface area contributed by atoms with Crippen molar-refractivity contribution in [3.05, 3.63) is 54.1 Å². The Kier molecular flexibility index (Phi) is 12.6. The van der Waals surface area contributed by atoms with Gasteiger partial charge in [-0.25, -0.2) is 9.13 Å². The smallest absolute Gasteiger partial charge is 0.234 e. The minimum atomic E-state index is 0.574. The molecule has 2 heteroatoms. The highest BCUT2D eigenvalue weighted by molar-refractivity contribution is 5.14.